The summed E-state index contributed by atoms with van der Waals surface area (Å²) in [4.78, 5) is 12.9. The first-order valence-electron chi connectivity index (χ1n) is 6.82. The molecule has 0 aliphatic carbocycles. The summed E-state index contributed by atoms with van der Waals surface area (Å²) < 4.78 is 0. The second-order valence-corrected chi connectivity index (χ2v) is 6.90. The predicted octanol–water partition coefficient (Wildman–Crippen LogP) is 3.08. The highest BCUT2D eigenvalue weighted by Gasteiger charge is 2.30. The normalized spacial score (nSPS) is 13.6. The largest absolute Gasteiger partial charge is 0.392 e. The van der Waals surface area contributed by atoms with E-state index in [2.05, 4.69) is 5.32 Å². The number of carbonyl (C=O) groups excluding carboxylic acids is 1. The van der Waals surface area contributed by atoms with Crippen LogP contribution in [0.4, 0.5) is 0 Å². The molecule has 1 aromatic rings. The van der Waals surface area contributed by atoms with E-state index in [1.165, 1.54) is 11.3 Å². The van der Waals surface area contributed by atoms with Crippen LogP contribution in [0.3, 0.4) is 0 Å². The number of aryl methyl sites for hydroxylation is 1. The molecule has 1 heterocycles. The number of aliphatic hydroxyl groups excluding tert-OH is 1. The fraction of sp³-hybridized carbons (Fsp3) is 0.667. The number of amides is 1. The van der Waals surface area contributed by atoms with Crippen LogP contribution >= 0.6 is 11.3 Å². The van der Waals surface area contributed by atoms with Crippen molar-refractivity contribution in [3.63, 3.8) is 0 Å². The van der Waals surface area contributed by atoms with Crippen molar-refractivity contribution in [3.05, 3.63) is 21.9 Å². The molecule has 0 radical (unpaired) electrons. The molecule has 19 heavy (non-hydrogen) atoms. The highest BCUT2D eigenvalue weighted by Crippen LogP contribution is 2.25. The lowest BCUT2D eigenvalue weighted by molar-refractivity contribution is 0.0138. The number of aliphatic hydroxyl groups is 1. The van der Waals surface area contributed by atoms with Crippen molar-refractivity contribution in [2.75, 3.05) is 6.54 Å². The predicted molar refractivity (Wildman–Crippen MR) is 80.7 cm³/mol. The van der Waals surface area contributed by atoms with E-state index in [0.717, 1.165) is 16.9 Å². The summed E-state index contributed by atoms with van der Waals surface area (Å²) in [7, 11) is 0. The molecule has 0 aliphatic heterocycles. The third kappa shape index (κ3) is 4.05. The Morgan fingerprint density at radius 2 is 2.11 bits per heavy atom. The summed E-state index contributed by atoms with van der Waals surface area (Å²) in [5.74, 6) is 0.149. The van der Waals surface area contributed by atoms with Crippen molar-refractivity contribution < 1.29 is 9.90 Å². The third-order valence-electron chi connectivity index (χ3n) is 3.47. The minimum absolute atomic E-state index is 0.0316. The second kappa shape index (κ2) is 6.53. The number of thiophene rings is 1. The summed E-state index contributed by atoms with van der Waals surface area (Å²) in [5.41, 5.74) is 0.762. The molecule has 108 valence electrons. The van der Waals surface area contributed by atoms with Crippen molar-refractivity contribution in [3.8, 4) is 0 Å². The average Bonchev–Trinajstić information content (AvgIpc) is 2.83. The van der Waals surface area contributed by atoms with Gasteiger partial charge in [-0.25, -0.2) is 0 Å². The van der Waals surface area contributed by atoms with Crippen LogP contribution in [0.2, 0.25) is 0 Å². The van der Waals surface area contributed by atoms with E-state index in [1.807, 2.05) is 46.1 Å². The van der Waals surface area contributed by atoms with Gasteiger partial charge in [0.15, 0.2) is 0 Å². The van der Waals surface area contributed by atoms with E-state index in [4.69, 9.17) is 0 Å². The maximum atomic E-state index is 12.1. The monoisotopic (exact) mass is 283 g/mol. The number of hydrogen-bond acceptors (Lipinski definition) is 3. The minimum atomic E-state index is -0.429. The Bertz CT molecular complexity index is 424. The Balaban J connectivity index is 2.64. The molecular formula is C15H25NO2S. The van der Waals surface area contributed by atoms with Crippen LogP contribution in [0.5, 0.6) is 0 Å². The average molecular weight is 283 g/mol. The van der Waals surface area contributed by atoms with Crippen LogP contribution in [0.1, 0.15) is 49.9 Å². The van der Waals surface area contributed by atoms with E-state index in [9.17, 15) is 9.90 Å². The molecule has 0 fully saturated rings. The quantitative estimate of drug-likeness (QED) is 0.843. The summed E-state index contributed by atoms with van der Waals surface area (Å²) >= 11 is 1.47. The number of nitrogens with one attached hydrogen (secondary N) is 1. The Labute approximate surface area is 120 Å². The zero-order chi connectivity index (χ0) is 14.6. The van der Waals surface area contributed by atoms with Gasteiger partial charge in [-0.2, -0.15) is 0 Å². The summed E-state index contributed by atoms with van der Waals surface area (Å²) in [6.07, 6.45) is 0.436. The molecule has 3 nitrogen and oxygen atoms in total. The molecule has 1 unspecified atom stereocenters. The minimum Gasteiger partial charge on any atom is -0.392 e. The molecule has 1 rings (SSSR count). The van der Waals surface area contributed by atoms with Crippen LogP contribution in [-0.4, -0.2) is 23.7 Å². The first-order chi connectivity index (χ1) is 8.79. The van der Waals surface area contributed by atoms with Gasteiger partial charge in [0, 0.05) is 12.0 Å². The Morgan fingerprint density at radius 3 is 2.63 bits per heavy atom. The lowest BCUT2D eigenvalue weighted by Crippen LogP contribution is -2.43. The number of rotatable bonds is 6. The molecule has 0 aromatic carbocycles. The van der Waals surface area contributed by atoms with Crippen LogP contribution in [-0.2, 0) is 6.42 Å². The molecule has 0 aliphatic rings. The first-order valence-corrected chi connectivity index (χ1v) is 7.70. The van der Waals surface area contributed by atoms with Crippen molar-refractivity contribution in [2.45, 2.75) is 47.1 Å². The van der Waals surface area contributed by atoms with Gasteiger partial charge in [0.2, 0.25) is 0 Å². The first kappa shape index (κ1) is 16.2. The van der Waals surface area contributed by atoms with Crippen LogP contribution < -0.4 is 5.32 Å². The van der Waals surface area contributed by atoms with E-state index in [1.54, 1.807) is 0 Å². The lowest BCUT2D eigenvalue weighted by Gasteiger charge is -2.33. The van der Waals surface area contributed by atoms with Gasteiger partial charge in [-0.15, -0.1) is 11.3 Å². The van der Waals surface area contributed by atoms with Crippen LogP contribution in [0.15, 0.2) is 11.4 Å². The topological polar surface area (TPSA) is 49.3 Å². The van der Waals surface area contributed by atoms with Crippen molar-refractivity contribution in [1.82, 2.24) is 5.32 Å². The molecule has 0 bridgehead atoms. The maximum absolute atomic E-state index is 12.1. The van der Waals surface area contributed by atoms with E-state index in [0.29, 0.717) is 6.54 Å². The molecule has 1 atom stereocenters. The van der Waals surface area contributed by atoms with Crippen LogP contribution in [0.25, 0.3) is 0 Å². The SMILES string of the molecule is CCc1ccsc1C(=O)NCC(C)(C)C(O)C(C)C. The Kier molecular flexibility index (Phi) is 5.56. The Morgan fingerprint density at radius 1 is 1.47 bits per heavy atom. The summed E-state index contributed by atoms with van der Waals surface area (Å²) in [6, 6.07) is 1.99. The van der Waals surface area contributed by atoms with Crippen molar-refractivity contribution >= 4 is 17.2 Å². The molecule has 0 saturated heterocycles. The van der Waals surface area contributed by atoms with E-state index < -0.39 is 6.10 Å². The van der Waals surface area contributed by atoms with Crippen LogP contribution in [0, 0.1) is 11.3 Å². The van der Waals surface area contributed by atoms with Gasteiger partial charge in [0.1, 0.15) is 0 Å². The third-order valence-corrected chi connectivity index (χ3v) is 4.43. The smallest absolute Gasteiger partial charge is 0.261 e. The molecule has 0 saturated carbocycles. The second-order valence-electron chi connectivity index (χ2n) is 5.99. The highest BCUT2D eigenvalue weighted by molar-refractivity contribution is 7.12. The molecular weight excluding hydrogens is 258 g/mol. The fourth-order valence-electron chi connectivity index (χ4n) is 2.21. The van der Waals surface area contributed by atoms with E-state index >= 15 is 0 Å². The zero-order valence-corrected chi connectivity index (χ0v) is 13.3. The molecule has 4 heteroatoms. The van der Waals surface area contributed by atoms with Gasteiger partial charge in [0.25, 0.3) is 5.91 Å². The number of hydrogen-bond donors (Lipinski definition) is 2. The Hall–Kier alpha value is -0.870. The van der Waals surface area contributed by atoms with Gasteiger partial charge >= 0.3 is 0 Å². The molecule has 1 aromatic heterocycles. The zero-order valence-electron chi connectivity index (χ0n) is 12.5. The van der Waals surface area contributed by atoms with E-state index in [-0.39, 0.29) is 17.2 Å². The lowest BCUT2D eigenvalue weighted by atomic mass is 9.80. The van der Waals surface area contributed by atoms with Gasteiger partial charge in [-0.1, -0.05) is 34.6 Å². The molecule has 1 amide bonds. The standard InChI is InChI=1S/C15H25NO2S/c1-6-11-7-8-19-12(11)14(18)16-9-15(4,5)13(17)10(2)3/h7-8,10,13,17H,6,9H2,1-5H3,(H,16,18). The van der Waals surface area contributed by atoms with Gasteiger partial charge in [-0.3, -0.25) is 4.79 Å². The molecule has 0 spiro atoms. The number of carbonyl (C=O) groups is 1. The highest BCUT2D eigenvalue weighted by atomic mass is 32.1. The summed E-state index contributed by atoms with van der Waals surface area (Å²) in [5, 5.41) is 15.0. The van der Waals surface area contributed by atoms with Gasteiger partial charge in [-0.05, 0) is 29.3 Å². The fourth-order valence-corrected chi connectivity index (χ4v) is 3.12. The van der Waals surface area contributed by atoms with Gasteiger partial charge < -0.3 is 10.4 Å². The molecule has 2 N–H and O–H groups in total. The maximum Gasteiger partial charge on any atom is 0.261 e. The summed E-state index contributed by atoms with van der Waals surface area (Å²) in [6.45, 7) is 10.5. The van der Waals surface area contributed by atoms with Crippen molar-refractivity contribution in [1.29, 1.82) is 0 Å². The van der Waals surface area contributed by atoms with Crippen molar-refractivity contribution in [2.24, 2.45) is 11.3 Å². The van der Waals surface area contributed by atoms with Gasteiger partial charge in [0.05, 0.1) is 11.0 Å².